The minimum atomic E-state index is -0.669. The molecule has 1 amide bonds. The van der Waals surface area contributed by atoms with E-state index in [0.717, 1.165) is 36.1 Å². The predicted octanol–water partition coefficient (Wildman–Crippen LogP) is 4.16. The van der Waals surface area contributed by atoms with Crippen molar-refractivity contribution in [3.05, 3.63) is 56.2 Å². The molecule has 5 nitrogen and oxygen atoms in total. The quantitative estimate of drug-likeness (QED) is 0.708. The Morgan fingerprint density at radius 3 is 3.00 bits per heavy atom. The number of thiophene rings is 1. The third-order valence-electron chi connectivity index (χ3n) is 4.75. The van der Waals surface area contributed by atoms with Crippen molar-refractivity contribution in [1.29, 1.82) is 0 Å². The molecule has 0 radical (unpaired) electrons. The summed E-state index contributed by atoms with van der Waals surface area (Å²) in [6.45, 7) is 0.181. The number of amides is 1. The number of rotatable bonds is 4. The SMILES string of the molecule is O=C(CCn1cnc2sc3c(c2c1=O)CCCC3)Nc1cccc(Cl)c1F. The van der Waals surface area contributed by atoms with E-state index in [4.69, 9.17) is 11.6 Å². The first-order valence-electron chi connectivity index (χ1n) is 8.78. The molecule has 8 heteroatoms. The zero-order valence-corrected chi connectivity index (χ0v) is 16.0. The van der Waals surface area contributed by atoms with Crippen LogP contribution in [0.25, 0.3) is 10.2 Å². The number of hydrogen-bond donors (Lipinski definition) is 1. The second-order valence-corrected chi connectivity index (χ2v) is 8.02. The van der Waals surface area contributed by atoms with Gasteiger partial charge in [0.05, 0.1) is 22.4 Å². The van der Waals surface area contributed by atoms with Gasteiger partial charge in [-0.2, -0.15) is 0 Å². The summed E-state index contributed by atoms with van der Waals surface area (Å²) in [6, 6.07) is 4.41. The number of nitrogens with one attached hydrogen (secondary N) is 1. The summed E-state index contributed by atoms with van der Waals surface area (Å²) in [4.78, 5) is 31.4. The van der Waals surface area contributed by atoms with Crippen LogP contribution in [0, 0.1) is 5.82 Å². The molecule has 2 heterocycles. The minimum Gasteiger partial charge on any atom is -0.323 e. The molecule has 3 aromatic rings. The van der Waals surface area contributed by atoms with Gasteiger partial charge >= 0.3 is 0 Å². The number of aryl methyl sites for hydroxylation is 3. The fourth-order valence-electron chi connectivity index (χ4n) is 3.38. The summed E-state index contributed by atoms with van der Waals surface area (Å²) in [5, 5.41) is 3.13. The summed E-state index contributed by atoms with van der Waals surface area (Å²) in [6.07, 6.45) is 5.66. The van der Waals surface area contributed by atoms with Gasteiger partial charge in [-0.15, -0.1) is 11.3 Å². The number of fused-ring (bicyclic) bond motifs is 3. The predicted molar refractivity (Wildman–Crippen MR) is 105 cm³/mol. The lowest BCUT2D eigenvalue weighted by molar-refractivity contribution is -0.116. The van der Waals surface area contributed by atoms with E-state index >= 15 is 0 Å². The van der Waals surface area contributed by atoms with E-state index in [1.165, 1.54) is 27.9 Å². The van der Waals surface area contributed by atoms with Crippen molar-refractivity contribution in [2.75, 3.05) is 5.32 Å². The van der Waals surface area contributed by atoms with Gasteiger partial charge in [0.15, 0.2) is 5.82 Å². The van der Waals surface area contributed by atoms with Crippen molar-refractivity contribution in [1.82, 2.24) is 9.55 Å². The number of carbonyl (C=O) groups is 1. The van der Waals surface area contributed by atoms with Gasteiger partial charge in [-0.3, -0.25) is 14.2 Å². The maximum atomic E-state index is 13.9. The Hall–Kier alpha value is -2.25. The largest absolute Gasteiger partial charge is 0.323 e. The molecule has 0 saturated heterocycles. The summed E-state index contributed by atoms with van der Waals surface area (Å²) >= 11 is 7.31. The highest BCUT2D eigenvalue weighted by atomic mass is 35.5. The Balaban J connectivity index is 1.52. The van der Waals surface area contributed by atoms with Crippen LogP contribution in [0.2, 0.25) is 5.02 Å². The topological polar surface area (TPSA) is 64.0 Å². The second kappa shape index (κ2) is 7.40. The molecule has 140 valence electrons. The minimum absolute atomic E-state index is 0.0281. The number of benzene rings is 1. The Bertz CT molecular complexity index is 1090. The molecule has 0 spiro atoms. The molecule has 27 heavy (non-hydrogen) atoms. The first-order valence-corrected chi connectivity index (χ1v) is 9.97. The van der Waals surface area contributed by atoms with Crippen molar-refractivity contribution >= 4 is 44.7 Å². The maximum Gasteiger partial charge on any atom is 0.262 e. The van der Waals surface area contributed by atoms with Crippen LogP contribution in [-0.4, -0.2) is 15.5 Å². The lowest BCUT2D eigenvalue weighted by Crippen LogP contribution is -2.24. The fraction of sp³-hybridized carbons (Fsp3) is 0.316. The molecule has 1 aromatic carbocycles. The van der Waals surface area contributed by atoms with Gasteiger partial charge in [0, 0.05) is 17.8 Å². The van der Waals surface area contributed by atoms with E-state index in [9.17, 15) is 14.0 Å². The Kier molecular flexibility index (Phi) is 4.97. The van der Waals surface area contributed by atoms with Gasteiger partial charge in [0.2, 0.25) is 5.91 Å². The molecule has 0 unspecified atom stereocenters. The third-order valence-corrected chi connectivity index (χ3v) is 6.24. The zero-order chi connectivity index (χ0) is 19.0. The molecule has 2 aromatic heterocycles. The number of anilines is 1. The Morgan fingerprint density at radius 1 is 1.33 bits per heavy atom. The smallest absolute Gasteiger partial charge is 0.262 e. The van der Waals surface area contributed by atoms with Gasteiger partial charge in [0.1, 0.15) is 4.83 Å². The molecule has 0 bridgehead atoms. The van der Waals surface area contributed by atoms with Crippen molar-refractivity contribution < 1.29 is 9.18 Å². The molecule has 0 fully saturated rings. The average molecular weight is 406 g/mol. The highest BCUT2D eigenvalue weighted by Gasteiger charge is 2.20. The van der Waals surface area contributed by atoms with Crippen LogP contribution in [0.15, 0.2) is 29.3 Å². The van der Waals surface area contributed by atoms with E-state index in [0.29, 0.717) is 5.39 Å². The van der Waals surface area contributed by atoms with Crippen LogP contribution in [0.4, 0.5) is 10.1 Å². The van der Waals surface area contributed by atoms with E-state index in [2.05, 4.69) is 10.3 Å². The highest BCUT2D eigenvalue weighted by Crippen LogP contribution is 2.33. The molecular weight excluding hydrogens is 389 g/mol. The monoisotopic (exact) mass is 405 g/mol. The summed E-state index contributed by atoms with van der Waals surface area (Å²) in [5.74, 6) is -1.06. The molecular formula is C19H17ClFN3O2S. The molecule has 4 rings (SSSR count). The van der Waals surface area contributed by atoms with E-state index in [1.54, 1.807) is 17.4 Å². The molecule has 1 aliphatic rings. The molecule has 1 N–H and O–H groups in total. The maximum absolute atomic E-state index is 13.9. The van der Waals surface area contributed by atoms with Crippen LogP contribution in [0.5, 0.6) is 0 Å². The number of nitrogens with zero attached hydrogens (tertiary/aromatic N) is 2. The number of carbonyl (C=O) groups excluding carboxylic acids is 1. The lowest BCUT2D eigenvalue weighted by Gasteiger charge is -2.11. The van der Waals surface area contributed by atoms with E-state index in [1.807, 2.05) is 0 Å². The van der Waals surface area contributed by atoms with Crippen molar-refractivity contribution in [3.8, 4) is 0 Å². The van der Waals surface area contributed by atoms with Crippen LogP contribution in [-0.2, 0) is 24.2 Å². The first-order chi connectivity index (χ1) is 13.0. The fourth-order valence-corrected chi connectivity index (χ4v) is 4.77. The van der Waals surface area contributed by atoms with Gasteiger partial charge in [-0.05, 0) is 43.4 Å². The van der Waals surface area contributed by atoms with E-state index in [-0.39, 0.29) is 29.2 Å². The third kappa shape index (κ3) is 3.49. The standard InChI is InChI=1S/C19H17ClFN3O2S/c20-12-5-3-6-13(17(12)21)23-15(25)8-9-24-10-22-18-16(19(24)26)11-4-1-2-7-14(11)27-18/h3,5-6,10H,1-2,4,7-9H2,(H,23,25). The second-order valence-electron chi connectivity index (χ2n) is 6.53. The zero-order valence-electron chi connectivity index (χ0n) is 14.4. The van der Waals surface area contributed by atoms with Crippen LogP contribution in [0.1, 0.15) is 29.7 Å². The van der Waals surface area contributed by atoms with Crippen molar-refractivity contribution in [3.63, 3.8) is 0 Å². The van der Waals surface area contributed by atoms with Gasteiger partial charge in [-0.1, -0.05) is 17.7 Å². The normalized spacial score (nSPS) is 13.6. The molecule has 0 saturated carbocycles. The van der Waals surface area contributed by atoms with E-state index < -0.39 is 11.7 Å². The Labute approximate surface area is 163 Å². The van der Waals surface area contributed by atoms with Crippen LogP contribution >= 0.6 is 22.9 Å². The van der Waals surface area contributed by atoms with Crippen LogP contribution < -0.4 is 10.9 Å². The summed E-state index contributed by atoms with van der Waals surface area (Å²) in [5.41, 5.74) is 1.04. The summed E-state index contributed by atoms with van der Waals surface area (Å²) < 4.78 is 15.3. The molecule has 0 aliphatic heterocycles. The molecule has 0 atom stereocenters. The van der Waals surface area contributed by atoms with Gasteiger partial charge in [0.25, 0.3) is 5.56 Å². The number of aromatic nitrogens is 2. The van der Waals surface area contributed by atoms with Gasteiger partial charge in [-0.25, -0.2) is 9.37 Å². The Morgan fingerprint density at radius 2 is 2.15 bits per heavy atom. The average Bonchev–Trinajstić information content (AvgIpc) is 3.04. The lowest BCUT2D eigenvalue weighted by atomic mass is 9.97. The number of hydrogen-bond acceptors (Lipinski definition) is 4. The first kappa shape index (κ1) is 18.1. The number of halogens is 2. The molecule has 1 aliphatic carbocycles. The van der Waals surface area contributed by atoms with Gasteiger partial charge < -0.3 is 5.32 Å². The van der Waals surface area contributed by atoms with Crippen molar-refractivity contribution in [2.45, 2.75) is 38.6 Å². The summed E-state index contributed by atoms with van der Waals surface area (Å²) in [7, 11) is 0. The van der Waals surface area contributed by atoms with Crippen molar-refractivity contribution in [2.24, 2.45) is 0 Å². The highest BCUT2D eigenvalue weighted by molar-refractivity contribution is 7.18. The van der Waals surface area contributed by atoms with Crippen LogP contribution in [0.3, 0.4) is 0 Å².